The molecule has 0 amide bonds. The van der Waals surface area contributed by atoms with E-state index in [-0.39, 0.29) is 0 Å². The van der Waals surface area contributed by atoms with E-state index in [4.69, 9.17) is 0 Å². The van der Waals surface area contributed by atoms with Gasteiger partial charge in [0.05, 0.1) is 0 Å². The highest BCUT2D eigenvalue weighted by Gasteiger charge is 2.06. The van der Waals surface area contributed by atoms with Crippen LogP contribution in [0.4, 0.5) is 0 Å². The lowest BCUT2D eigenvalue weighted by Crippen LogP contribution is -2.02. The first-order chi connectivity index (χ1) is 4.93. The molecule has 1 aliphatic carbocycles. The van der Waals surface area contributed by atoms with E-state index in [1.165, 1.54) is 19.3 Å². The van der Waals surface area contributed by atoms with E-state index in [2.05, 4.69) is 18.7 Å². The lowest BCUT2D eigenvalue weighted by Gasteiger charge is -2.13. The fourth-order valence-corrected chi connectivity index (χ4v) is 2.05. The van der Waals surface area contributed by atoms with Crippen LogP contribution in [0, 0.1) is 0 Å². The molecule has 1 atom stereocenters. The van der Waals surface area contributed by atoms with Gasteiger partial charge in [0.25, 0.3) is 0 Å². The summed E-state index contributed by atoms with van der Waals surface area (Å²) in [5.74, 6) is 1.09. The summed E-state index contributed by atoms with van der Waals surface area (Å²) in [5, 5.41) is 0.770. The molecular weight excluding hydrogens is 140 g/mol. The van der Waals surface area contributed by atoms with Crippen LogP contribution in [0.5, 0.6) is 0 Å². The third-order valence-corrected chi connectivity index (χ3v) is 2.89. The molecule has 0 saturated carbocycles. The van der Waals surface area contributed by atoms with Gasteiger partial charge >= 0.3 is 0 Å². The van der Waals surface area contributed by atoms with E-state index < -0.39 is 0 Å². The van der Waals surface area contributed by atoms with Gasteiger partial charge in [0.15, 0.2) is 0 Å². The Bertz CT molecular complexity index is 127. The average Bonchev–Trinajstić information content (AvgIpc) is 2.03. The van der Waals surface area contributed by atoms with Crippen LogP contribution in [0.15, 0.2) is 24.8 Å². The SMILES string of the molecule is C=CCSC1C=CCCC1. The lowest BCUT2D eigenvalue weighted by atomic mass is 10.1. The summed E-state index contributed by atoms with van der Waals surface area (Å²) in [7, 11) is 0. The van der Waals surface area contributed by atoms with Crippen LogP contribution in [0.3, 0.4) is 0 Å². The Morgan fingerprint density at radius 2 is 2.60 bits per heavy atom. The summed E-state index contributed by atoms with van der Waals surface area (Å²) in [6.45, 7) is 3.70. The molecule has 0 aromatic carbocycles. The van der Waals surface area contributed by atoms with E-state index in [1.54, 1.807) is 0 Å². The van der Waals surface area contributed by atoms with Gasteiger partial charge < -0.3 is 0 Å². The lowest BCUT2D eigenvalue weighted by molar-refractivity contribution is 0.741. The third kappa shape index (κ3) is 2.61. The first kappa shape index (κ1) is 7.93. The Kier molecular flexibility index (Phi) is 3.66. The average molecular weight is 154 g/mol. The van der Waals surface area contributed by atoms with Crippen molar-refractivity contribution in [3.8, 4) is 0 Å². The van der Waals surface area contributed by atoms with E-state index in [0.29, 0.717) is 0 Å². The van der Waals surface area contributed by atoms with Crippen LogP contribution in [0.25, 0.3) is 0 Å². The molecule has 0 fully saturated rings. The molecule has 1 heteroatoms. The maximum absolute atomic E-state index is 3.70. The zero-order chi connectivity index (χ0) is 7.23. The van der Waals surface area contributed by atoms with Crippen LogP contribution >= 0.6 is 11.8 Å². The Morgan fingerprint density at radius 3 is 3.20 bits per heavy atom. The van der Waals surface area contributed by atoms with Crippen LogP contribution in [-0.2, 0) is 0 Å². The van der Waals surface area contributed by atoms with E-state index >= 15 is 0 Å². The highest BCUT2D eigenvalue weighted by atomic mass is 32.2. The minimum atomic E-state index is 0.770. The molecule has 0 aromatic heterocycles. The molecule has 0 aromatic rings. The summed E-state index contributed by atoms with van der Waals surface area (Å²) in [5.41, 5.74) is 0. The summed E-state index contributed by atoms with van der Waals surface area (Å²) >= 11 is 1.99. The van der Waals surface area contributed by atoms with Gasteiger partial charge in [-0.25, -0.2) is 0 Å². The van der Waals surface area contributed by atoms with E-state index in [1.807, 2.05) is 17.8 Å². The molecule has 1 unspecified atom stereocenters. The molecule has 0 saturated heterocycles. The quantitative estimate of drug-likeness (QED) is 0.563. The standard InChI is InChI=1S/C9H14S/c1-2-8-10-9-6-4-3-5-7-9/h2,4,6,9H,1,3,5,7-8H2. The second-order valence-corrected chi connectivity index (χ2v) is 3.79. The van der Waals surface area contributed by atoms with Crippen molar-refractivity contribution < 1.29 is 0 Å². The maximum Gasteiger partial charge on any atom is 0.0230 e. The van der Waals surface area contributed by atoms with Crippen molar-refractivity contribution in [3.05, 3.63) is 24.8 Å². The van der Waals surface area contributed by atoms with Crippen LogP contribution in [0.2, 0.25) is 0 Å². The van der Waals surface area contributed by atoms with Gasteiger partial charge in [-0.3, -0.25) is 0 Å². The van der Waals surface area contributed by atoms with Crippen LogP contribution in [-0.4, -0.2) is 11.0 Å². The fraction of sp³-hybridized carbons (Fsp3) is 0.556. The number of allylic oxidation sites excluding steroid dienone is 1. The number of rotatable bonds is 3. The minimum Gasteiger partial charge on any atom is -0.150 e. The summed E-state index contributed by atoms with van der Waals surface area (Å²) in [6.07, 6.45) is 10.6. The van der Waals surface area contributed by atoms with Crippen molar-refractivity contribution >= 4 is 11.8 Å². The van der Waals surface area contributed by atoms with E-state index in [9.17, 15) is 0 Å². The van der Waals surface area contributed by atoms with Gasteiger partial charge in [-0.05, 0) is 19.3 Å². The molecule has 0 aliphatic heterocycles. The Labute approximate surface area is 67.4 Å². The molecule has 0 nitrogen and oxygen atoms in total. The van der Waals surface area contributed by atoms with Crippen molar-refractivity contribution in [2.75, 3.05) is 5.75 Å². The molecule has 0 spiro atoms. The highest BCUT2D eigenvalue weighted by Crippen LogP contribution is 2.22. The van der Waals surface area contributed by atoms with E-state index in [0.717, 1.165) is 11.0 Å². The minimum absolute atomic E-state index is 0.770. The number of thioether (sulfide) groups is 1. The van der Waals surface area contributed by atoms with Gasteiger partial charge in [-0.15, -0.1) is 6.58 Å². The second kappa shape index (κ2) is 4.62. The smallest absolute Gasteiger partial charge is 0.0230 e. The Balaban J connectivity index is 2.19. The molecular formula is C9H14S. The zero-order valence-electron chi connectivity index (χ0n) is 6.25. The molecule has 0 radical (unpaired) electrons. The fourth-order valence-electron chi connectivity index (χ4n) is 1.11. The summed E-state index contributed by atoms with van der Waals surface area (Å²) in [6, 6.07) is 0. The Morgan fingerprint density at radius 1 is 1.70 bits per heavy atom. The largest absolute Gasteiger partial charge is 0.150 e. The predicted molar refractivity (Wildman–Crippen MR) is 49.4 cm³/mol. The number of hydrogen-bond acceptors (Lipinski definition) is 1. The van der Waals surface area contributed by atoms with Crippen molar-refractivity contribution in [3.63, 3.8) is 0 Å². The molecule has 0 bridgehead atoms. The van der Waals surface area contributed by atoms with Gasteiger partial charge in [0.1, 0.15) is 0 Å². The third-order valence-electron chi connectivity index (χ3n) is 1.64. The first-order valence-electron chi connectivity index (χ1n) is 3.82. The molecule has 1 aliphatic rings. The Hall–Kier alpha value is -0.170. The molecule has 0 N–H and O–H groups in total. The van der Waals surface area contributed by atoms with Crippen molar-refractivity contribution in [2.24, 2.45) is 0 Å². The monoisotopic (exact) mass is 154 g/mol. The predicted octanol–water partition coefficient (Wildman–Crippen LogP) is 3.01. The van der Waals surface area contributed by atoms with Gasteiger partial charge in [-0.1, -0.05) is 18.2 Å². The molecule has 56 valence electrons. The van der Waals surface area contributed by atoms with Crippen LogP contribution < -0.4 is 0 Å². The molecule has 0 heterocycles. The zero-order valence-corrected chi connectivity index (χ0v) is 7.07. The maximum atomic E-state index is 3.70. The van der Waals surface area contributed by atoms with Gasteiger partial charge in [0.2, 0.25) is 0 Å². The summed E-state index contributed by atoms with van der Waals surface area (Å²) in [4.78, 5) is 0. The number of hydrogen-bond donors (Lipinski definition) is 0. The topological polar surface area (TPSA) is 0 Å². The molecule has 1 rings (SSSR count). The highest BCUT2D eigenvalue weighted by molar-refractivity contribution is 8.00. The second-order valence-electron chi connectivity index (χ2n) is 2.52. The van der Waals surface area contributed by atoms with Gasteiger partial charge in [0, 0.05) is 11.0 Å². The summed E-state index contributed by atoms with van der Waals surface area (Å²) < 4.78 is 0. The van der Waals surface area contributed by atoms with Crippen molar-refractivity contribution in [1.82, 2.24) is 0 Å². The van der Waals surface area contributed by atoms with Crippen LogP contribution in [0.1, 0.15) is 19.3 Å². The first-order valence-corrected chi connectivity index (χ1v) is 4.87. The molecule has 10 heavy (non-hydrogen) atoms. The van der Waals surface area contributed by atoms with Crippen molar-refractivity contribution in [1.29, 1.82) is 0 Å². The van der Waals surface area contributed by atoms with Crippen molar-refractivity contribution in [2.45, 2.75) is 24.5 Å². The normalized spacial score (nSPS) is 24.6. The van der Waals surface area contributed by atoms with Gasteiger partial charge in [-0.2, -0.15) is 11.8 Å².